The Balaban J connectivity index is 1.46. The maximum absolute atomic E-state index is 4.21. The first kappa shape index (κ1) is 43.0. The van der Waals surface area contributed by atoms with Crippen molar-refractivity contribution in [2.75, 3.05) is 0 Å². The maximum Gasteiger partial charge on any atom is 0.0710 e. The molecule has 9 aromatic rings. The number of fused-ring (bicyclic) bond motifs is 9. The summed E-state index contributed by atoms with van der Waals surface area (Å²) in [7, 11) is 0. The molecule has 0 bridgehead atoms. The van der Waals surface area contributed by atoms with E-state index in [0.29, 0.717) is 0 Å². The number of rotatable bonds is 2. The largest absolute Gasteiger partial charge is 0.351 e. The first-order valence-electron chi connectivity index (χ1n) is 23.4. The number of aromatic amines is 1. The fourth-order valence-electron chi connectivity index (χ4n) is 9.72. The second-order valence-corrected chi connectivity index (χ2v) is 25.1. The van der Waals surface area contributed by atoms with Crippen LogP contribution in [-0.2, 0) is 32.5 Å². The maximum atomic E-state index is 4.21. The SMILES string of the molecule is CC(C)(C)c1cc(-n2c3ccc(C(C)(C)C)cc3c3cc(C(C)(C)C)ccc32)c2[nH]c3c(-n4c5ccc(C(C)(C)C)cc5c5cc(C(C)(C)C)ccc54)cc(C(C)(C)C)cc3c2c1. The molecular formula is C60H71N3. The lowest BCUT2D eigenvalue weighted by atomic mass is 9.84. The van der Waals surface area contributed by atoms with Gasteiger partial charge in [0.05, 0.1) is 44.5 Å². The summed E-state index contributed by atoms with van der Waals surface area (Å²) < 4.78 is 5.12. The van der Waals surface area contributed by atoms with Crippen LogP contribution in [0, 0.1) is 0 Å². The van der Waals surface area contributed by atoms with E-state index in [4.69, 9.17) is 0 Å². The Labute approximate surface area is 376 Å². The Morgan fingerprint density at radius 2 is 0.492 bits per heavy atom. The third-order valence-corrected chi connectivity index (χ3v) is 14.0. The minimum Gasteiger partial charge on any atom is -0.351 e. The second-order valence-electron chi connectivity index (χ2n) is 25.1. The highest BCUT2D eigenvalue weighted by molar-refractivity contribution is 6.17. The first-order valence-corrected chi connectivity index (χ1v) is 23.4. The molecule has 3 heterocycles. The zero-order valence-electron chi connectivity index (χ0n) is 41.6. The van der Waals surface area contributed by atoms with Crippen molar-refractivity contribution in [1.82, 2.24) is 14.1 Å². The van der Waals surface area contributed by atoms with Crippen molar-refractivity contribution in [3.05, 3.63) is 130 Å². The van der Waals surface area contributed by atoms with Crippen LogP contribution in [-0.4, -0.2) is 14.1 Å². The van der Waals surface area contributed by atoms with E-state index in [1.165, 1.54) is 99.1 Å². The van der Waals surface area contributed by atoms with Gasteiger partial charge < -0.3 is 14.1 Å². The van der Waals surface area contributed by atoms with Gasteiger partial charge in [-0.05, 0) is 139 Å². The Morgan fingerprint density at radius 1 is 0.270 bits per heavy atom. The van der Waals surface area contributed by atoms with Gasteiger partial charge in [0, 0.05) is 32.3 Å². The average Bonchev–Trinajstić information content (AvgIpc) is 3.82. The van der Waals surface area contributed by atoms with E-state index < -0.39 is 0 Å². The van der Waals surface area contributed by atoms with Crippen LogP contribution in [0.3, 0.4) is 0 Å². The van der Waals surface area contributed by atoms with Crippen LogP contribution in [0.25, 0.3) is 76.8 Å². The third-order valence-electron chi connectivity index (χ3n) is 14.0. The summed E-state index contributed by atoms with van der Waals surface area (Å²) in [6.45, 7) is 42.0. The van der Waals surface area contributed by atoms with Crippen molar-refractivity contribution in [3.8, 4) is 11.4 Å². The number of benzene rings is 6. The van der Waals surface area contributed by atoms with Crippen LogP contribution < -0.4 is 0 Å². The molecular weight excluding hydrogens is 763 g/mol. The van der Waals surface area contributed by atoms with Gasteiger partial charge in [0.15, 0.2) is 0 Å². The molecule has 0 aliphatic heterocycles. The lowest BCUT2D eigenvalue weighted by Crippen LogP contribution is -2.12. The van der Waals surface area contributed by atoms with Gasteiger partial charge in [-0.15, -0.1) is 0 Å². The van der Waals surface area contributed by atoms with Gasteiger partial charge in [0.25, 0.3) is 0 Å². The molecule has 3 nitrogen and oxygen atoms in total. The molecule has 0 saturated carbocycles. The standard InChI is InChI=1S/C60H71N3/c1-55(2,3)35-19-23-47-41(27-35)42-28-36(56(4,5)6)20-24-48(42)62(47)51-33-39(59(13,14)15)31-45-46-32-40(60(16,17)18)34-52(54(46)61-53(45)51)63-49-25-21-37(57(7,8)9)29-43(49)44-30-38(58(10,11)12)22-26-50(44)63/h19-34,61H,1-18H3. The highest BCUT2D eigenvalue weighted by Gasteiger charge is 2.28. The molecule has 1 N–H and O–H groups in total. The molecule has 0 aliphatic rings. The predicted octanol–water partition coefficient (Wildman–Crippen LogP) is 17.3. The smallest absolute Gasteiger partial charge is 0.0710 e. The van der Waals surface area contributed by atoms with Crippen molar-refractivity contribution in [3.63, 3.8) is 0 Å². The number of aromatic nitrogens is 3. The van der Waals surface area contributed by atoms with Crippen LogP contribution in [0.2, 0.25) is 0 Å². The molecule has 326 valence electrons. The van der Waals surface area contributed by atoms with Gasteiger partial charge in [0.1, 0.15) is 0 Å². The Kier molecular flexibility index (Phi) is 9.29. The van der Waals surface area contributed by atoms with Crippen LogP contribution >= 0.6 is 0 Å². The summed E-state index contributed by atoms with van der Waals surface area (Å²) in [4.78, 5) is 4.21. The minimum atomic E-state index is -0.0864. The Morgan fingerprint density at radius 3 is 0.714 bits per heavy atom. The molecule has 0 spiro atoms. The monoisotopic (exact) mass is 834 g/mol. The summed E-state index contributed by atoms with van der Waals surface area (Å²) in [5, 5.41) is 7.74. The number of hydrogen-bond acceptors (Lipinski definition) is 0. The van der Waals surface area contributed by atoms with E-state index >= 15 is 0 Å². The van der Waals surface area contributed by atoms with Gasteiger partial charge in [-0.3, -0.25) is 0 Å². The van der Waals surface area contributed by atoms with Crippen molar-refractivity contribution < 1.29 is 0 Å². The van der Waals surface area contributed by atoms with Crippen LogP contribution in [0.1, 0.15) is 158 Å². The molecule has 9 rings (SSSR count). The molecule has 0 aliphatic carbocycles. The molecule has 0 unspecified atom stereocenters. The highest BCUT2D eigenvalue weighted by atomic mass is 15.0. The number of nitrogens with one attached hydrogen (secondary N) is 1. The Bertz CT molecular complexity index is 2950. The summed E-state index contributed by atoms with van der Waals surface area (Å²) in [6, 6.07) is 38.7. The molecule has 0 saturated heterocycles. The number of nitrogens with zero attached hydrogens (tertiary/aromatic N) is 2. The first-order chi connectivity index (χ1) is 29.0. The van der Waals surface area contributed by atoms with Crippen LogP contribution in [0.4, 0.5) is 0 Å². The third kappa shape index (κ3) is 7.09. The average molecular weight is 834 g/mol. The molecule has 0 radical (unpaired) electrons. The number of H-pyrrole nitrogens is 1. The second kappa shape index (κ2) is 13.6. The van der Waals surface area contributed by atoms with Crippen LogP contribution in [0.15, 0.2) is 97.1 Å². The quantitative estimate of drug-likeness (QED) is 0.180. The van der Waals surface area contributed by atoms with E-state index in [9.17, 15) is 0 Å². The lowest BCUT2D eigenvalue weighted by molar-refractivity contribution is 0.590. The fourth-order valence-corrected chi connectivity index (χ4v) is 9.72. The molecule has 63 heavy (non-hydrogen) atoms. The van der Waals surface area contributed by atoms with Gasteiger partial charge in [-0.1, -0.05) is 149 Å². The molecule has 6 aromatic carbocycles. The normalized spacial score (nSPS) is 13.9. The van der Waals surface area contributed by atoms with Crippen molar-refractivity contribution in [1.29, 1.82) is 0 Å². The summed E-state index contributed by atoms with van der Waals surface area (Å²) in [6.07, 6.45) is 0. The lowest BCUT2D eigenvalue weighted by Gasteiger charge is -2.23. The predicted molar refractivity (Wildman–Crippen MR) is 277 cm³/mol. The van der Waals surface area contributed by atoms with Crippen molar-refractivity contribution in [2.24, 2.45) is 0 Å². The summed E-state index contributed by atoms with van der Waals surface area (Å²) in [5.41, 5.74) is 17.6. The van der Waals surface area contributed by atoms with Crippen LogP contribution in [0.5, 0.6) is 0 Å². The van der Waals surface area contributed by atoms with E-state index in [2.05, 4.69) is 236 Å². The topological polar surface area (TPSA) is 25.6 Å². The molecule has 3 aromatic heterocycles. The van der Waals surface area contributed by atoms with Crippen molar-refractivity contribution >= 4 is 65.4 Å². The zero-order chi connectivity index (χ0) is 45.7. The molecule has 0 amide bonds. The Hall–Kier alpha value is -5.28. The molecule has 0 atom stereocenters. The zero-order valence-corrected chi connectivity index (χ0v) is 41.6. The van der Waals surface area contributed by atoms with Gasteiger partial charge in [-0.2, -0.15) is 0 Å². The van der Waals surface area contributed by atoms with E-state index in [-0.39, 0.29) is 32.5 Å². The summed E-state index contributed by atoms with van der Waals surface area (Å²) >= 11 is 0. The molecule has 0 fully saturated rings. The van der Waals surface area contributed by atoms with Gasteiger partial charge in [0.2, 0.25) is 0 Å². The number of hydrogen-bond donors (Lipinski definition) is 1. The highest BCUT2D eigenvalue weighted by Crippen LogP contribution is 2.45. The van der Waals surface area contributed by atoms with Crippen molar-refractivity contribution in [2.45, 2.75) is 157 Å². The van der Waals surface area contributed by atoms with E-state index in [0.717, 1.165) is 11.0 Å². The molecule has 3 heteroatoms. The van der Waals surface area contributed by atoms with Gasteiger partial charge >= 0.3 is 0 Å². The fraction of sp³-hybridized carbons (Fsp3) is 0.400. The van der Waals surface area contributed by atoms with Gasteiger partial charge in [-0.25, -0.2) is 0 Å². The summed E-state index contributed by atoms with van der Waals surface area (Å²) in [5.74, 6) is 0. The minimum absolute atomic E-state index is 0.0252. The van der Waals surface area contributed by atoms with E-state index in [1.807, 2.05) is 0 Å². The van der Waals surface area contributed by atoms with E-state index in [1.54, 1.807) is 0 Å².